The first-order chi connectivity index (χ1) is 15.7. The summed E-state index contributed by atoms with van der Waals surface area (Å²) in [4.78, 5) is 45.3. The van der Waals surface area contributed by atoms with Crippen molar-refractivity contribution in [2.45, 2.75) is 44.6 Å². The van der Waals surface area contributed by atoms with Crippen LogP contribution in [0.4, 0.5) is 4.79 Å². The molecule has 1 aromatic heterocycles. The molecule has 9 nitrogen and oxygen atoms in total. The molecule has 4 heterocycles. The van der Waals surface area contributed by atoms with Gasteiger partial charge in [0.1, 0.15) is 23.0 Å². The molecule has 2 atom stereocenters. The molecule has 33 heavy (non-hydrogen) atoms. The largest absolute Gasteiger partial charge is 0.486 e. The SMILES string of the molecule is CC1(C)Cc2cccc(C(=O)OC3CCN4C(=O)C=C(c5ccncc5)N(C(N)=O)C34)c2O1. The summed E-state index contributed by atoms with van der Waals surface area (Å²) in [7, 11) is 0. The lowest BCUT2D eigenvalue weighted by molar-refractivity contribution is -0.131. The number of esters is 1. The number of amides is 3. The number of aromatic nitrogens is 1. The topological polar surface area (TPSA) is 115 Å². The van der Waals surface area contributed by atoms with Crippen molar-refractivity contribution in [3.05, 3.63) is 65.5 Å². The van der Waals surface area contributed by atoms with Crippen LogP contribution in [0.2, 0.25) is 0 Å². The normalized spacial score (nSPS) is 22.8. The van der Waals surface area contributed by atoms with E-state index in [-0.39, 0.29) is 5.91 Å². The number of nitrogens with zero attached hydrogens (tertiary/aromatic N) is 3. The van der Waals surface area contributed by atoms with Gasteiger partial charge in [-0.15, -0.1) is 0 Å². The summed E-state index contributed by atoms with van der Waals surface area (Å²) in [5.74, 6) is -0.312. The number of primary amides is 1. The van der Waals surface area contributed by atoms with Gasteiger partial charge in [-0.1, -0.05) is 12.1 Å². The molecule has 9 heteroatoms. The first kappa shape index (κ1) is 21.0. The van der Waals surface area contributed by atoms with Gasteiger partial charge in [0.15, 0.2) is 6.17 Å². The van der Waals surface area contributed by atoms with E-state index in [1.165, 1.54) is 15.9 Å². The van der Waals surface area contributed by atoms with Gasteiger partial charge < -0.3 is 20.1 Å². The van der Waals surface area contributed by atoms with E-state index in [4.69, 9.17) is 15.2 Å². The van der Waals surface area contributed by atoms with Crippen LogP contribution in [0.5, 0.6) is 5.75 Å². The van der Waals surface area contributed by atoms with Crippen LogP contribution < -0.4 is 10.5 Å². The molecule has 1 saturated heterocycles. The fourth-order valence-corrected chi connectivity index (χ4v) is 4.80. The zero-order valence-electron chi connectivity index (χ0n) is 18.4. The van der Waals surface area contributed by atoms with E-state index >= 15 is 0 Å². The number of carbonyl (C=O) groups excluding carboxylic acids is 3. The van der Waals surface area contributed by atoms with Crippen molar-refractivity contribution in [3.8, 4) is 5.75 Å². The third-order valence-corrected chi connectivity index (χ3v) is 6.16. The maximum atomic E-state index is 13.2. The molecule has 0 bridgehead atoms. The highest BCUT2D eigenvalue weighted by atomic mass is 16.6. The number of urea groups is 1. The summed E-state index contributed by atoms with van der Waals surface area (Å²) in [5, 5.41) is 0. The summed E-state index contributed by atoms with van der Waals surface area (Å²) >= 11 is 0. The Bertz CT molecular complexity index is 1180. The third kappa shape index (κ3) is 3.59. The lowest BCUT2D eigenvalue weighted by Gasteiger charge is -2.40. The molecule has 1 fully saturated rings. The minimum Gasteiger partial charge on any atom is -0.486 e. The Labute approximate surface area is 190 Å². The van der Waals surface area contributed by atoms with Gasteiger partial charge in [-0.25, -0.2) is 9.59 Å². The molecule has 3 amide bonds. The number of pyridine rings is 1. The second-order valence-corrected chi connectivity index (χ2v) is 8.98. The van der Waals surface area contributed by atoms with Gasteiger partial charge in [-0.05, 0) is 37.6 Å². The van der Waals surface area contributed by atoms with Crippen molar-refractivity contribution in [2.75, 3.05) is 6.54 Å². The predicted molar refractivity (Wildman–Crippen MR) is 118 cm³/mol. The summed E-state index contributed by atoms with van der Waals surface area (Å²) in [6.45, 7) is 4.26. The first-order valence-corrected chi connectivity index (χ1v) is 10.8. The van der Waals surface area contributed by atoms with Crippen LogP contribution in [0.1, 0.15) is 41.8 Å². The van der Waals surface area contributed by atoms with Crippen molar-refractivity contribution < 1.29 is 23.9 Å². The van der Waals surface area contributed by atoms with Crippen molar-refractivity contribution in [2.24, 2.45) is 5.73 Å². The predicted octanol–water partition coefficient (Wildman–Crippen LogP) is 2.31. The van der Waals surface area contributed by atoms with Crippen LogP contribution in [0.15, 0.2) is 48.8 Å². The Kier molecular flexibility index (Phi) is 4.84. The van der Waals surface area contributed by atoms with Crippen LogP contribution in [0.3, 0.4) is 0 Å². The van der Waals surface area contributed by atoms with Gasteiger partial charge in [0, 0.05) is 43.4 Å². The Morgan fingerprint density at radius 3 is 2.70 bits per heavy atom. The van der Waals surface area contributed by atoms with Gasteiger partial charge in [-0.2, -0.15) is 0 Å². The summed E-state index contributed by atoms with van der Waals surface area (Å²) in [5.41, 5.74) is 7.56. The number of ether oxygens (including phenoxy) is 2. The highest BCUT2D eigenvalue weighted by Crippen LogP contribution is 2.39. The molecule has 2 unspecified atom stereocenters. The average Bonchev–Trinajstić information content (AvgIpc) is 3.33. The van der Waals surface area contributed by atoms with Crippen molar-refractivity contribution in [1.82, 2.24) is 14.8 Å². The van der Waals surface area contributed by atoms with E-state index < -0.39 is 29.9 Å². The smallest absolute Gasteiger partial charge is 0.342 e. The van der Waals surface area contributed by atoms with Crippen molar-refractivity contribution in [1.29, 1.82) is 0 Å². The highest BCUT2D eigenvalue weighted by molar-refractivity contribution is 6.01. The van der Waals surface area contributed by atoms with Gasteiger partial charge >= 0.3 is 12.0 Å². The summed E-state index contributed by atoms with van der Waals surface area (Å²) in [6, 6.07) is 8.02. The standard InChI is InChI=1S/C24H24N4O5/c1-24(2)13-15-4-3-5-16(20(15)33-24)22(30)32-18-8-11-27-19(29)12-17(14-6-9-26-10-7-14)28(21(18)27)23(25)31/h3-7,9-10,12,18,21H,8,11,13H2,1-2H3,(H2,25,31). The summed E-state index contributed by atoms with van der Waals surface area (Å²) < 4.78 is 11.9. The number of benzene rings is 1. The Morgan fingerprint density at radius 1 is 1.21 bits per heavy atom. The molecule has 1 aromatic carbocycles. The van der Waals surface area contributed by atoms with Crippen LogP contribution in [0, 0.1) is 0 Å². The van der Waals surface area contributed by atoms with E-state index in [0.29, 0.717) is 42.0 Å². The van der Waals surface area contributed by atoms with Gasteiger partial charge in [-0.3, -0.25) is 14.7 Å². The second kappa shape index (κ2) is 7.61. The van der Waals surface area contributed by atoms with Gasteiger partial charge in [0.25, 0.3) is 0 Å². The molecule has 2 aromatic rings. The molecule has 0 radical (unpaired) electrons. The Hall–Kier alpha value is -3.88. The van der Waals surface area contributed by atoms with E-state index in [1.54, 1.807) is 36.7 Å². The van der Waals surface area contributed by atoms with Crippen LogP contribution in [-0.2, 0) is 16.0 Å². The van der Waals surface area contributed by atoms with Crippen LogP contribution in [0.25, 0.3) is 5.70 Å². The van der Waals surface area contributed by atoms with E-state index in [0.717, 1.165) is 5.56 Å². The number of hydrogen-bond donors (Lipinski definition) is 1. The van der Waals surface area contributed by atoms with E-state index in [9.17, 15) is 14.4 Å². The maximum absolute atomic E-state index is 13.2. The molecule has 0 spiro atoms. The molecule has 3 aliphatic rings. The maximum Gasteiger partial charge on any atom is 0.342 e. The fraction of sp³-hybridized carbons (Fsp3) is 0.333. The van der Waals surface area contributed by atoms with E-state index in [1.807, 2.05) is 19.9 Å². The molecule has 2 N–H and O–H groups in total. The lowest BCUT2D eigenvalue weighted by atomic mass is 10.0. The second-order valence-electron chi connectivity index (χ2n) is 8.98. The number of para-hydroxylation sites is 1. The van der Waals surface area contributed by atoms with Crippen LogP contribution in [-0.4, -0.2) is 57.1 Å². The third-order valence-electron chi connectivity index (χ3n) is 6.16. The average molecular weight is 448 g/mol. The molecular formula is C24H24N4O5. The van der Waals surface area contributed by atoms with Gasteiger partial charge in [0.05, 0.1) is 5.70 Å². The molecule has 3 aliphatic heterocycles. The zero-order chi connectivity index (χ0) is 23.3. The zero-order valence-corrected chi connectivity index (χ0v) is 18.4. The first-order valence-electron chi connectivity index (χ1n) is 10.8. The molecule has 0 saturated carbocycles. The number of rotatable bonds is 3. The molecule has 170 valence electrons. The minimum atomic E-state index is -0.832. The number of nitrogens with two attached hydrogens (primary N) is 1. The molecule has 0 aliphatic carbocycles. The molecular weight excluding hydrogens is 424 g/mol. The number of carbonyl (C=O) groups is 3. The molecule has 5 rings (SSSR count). The van der Waals surface area contributed by atoms with Crippen molar-refractivity contribution in [3.63, 3.8) is 0 Å². The highest BCUT2D eigenvalue weighted by Gasteiger charge is 2.48. The van der Waals surface area contributed by atoms with Gasteiger partial charge in [0.2, 0.25) is 5.91 Å². The van der Waals surface area contributed by atoms with E-state index in [2.05, 4.69) is 4.98 Å². The minimum absolute atomic E-state index is 0.270. The number of hydrogen-bond acceptors (Lipinski definition) is 6. The van der Waals surface area contributed by atoms with Crippen molar-refractivity contribution >= 4 is 23.6 Å². The number of fused-ring (bicyclic) bond motifs is 2. The lowest BCUT2D eigenvalue weighted by Crippen LogP contribution is -2.57. The van der Waals surface area contributed by atoms with Crippen LogP contribution >= 0.6 is 0 Å². The summed E-state index contributed by atoms with van der Waals surface area (Å²) in [6.07, 6.45) is 4.00. The Morgan fingerprint density at radius 2 is 1.97 bits per heavy atom. The quantitative estimate of drug-likeness (QED) is 0.721. The Balaban J connectivity index is 1.45. The monoisotopic (exact) mass is 448 g/mol. The fourth-order valence-electron chi connectivity index (χ4n) is 4.80.